The van der Waals surface area contributed by atoms with E-state index in [1.807, 2.05) is 46.8 Å². The first kappa shape index (κ1) is 17.3. The first-order chi connectivity index (χ1) is 13.0. The zero-order chi connectivity index (χ0) is 19.0. The number of hydrogen-bond acceptors (Lipinski definition) is 3. The summed E-state index contributed by atoms with van der Waals surface area (Å²) < 4.78 is 1.93. The zero-order valence-corrected chi connectivity index (χ0v) is 15.1. The van der Waals surface area contributed by atoms with Crippen LogP contribution < -0.4 is 0 Å². The van der Waals surface area contributed by atoms with Crippen LogP contribution in [0.5, 0.6) is 0 Å². The maximum Gasteiger partial charge on any atom is 0.335 e. The van der Waals surface area contributed by atoms with E-state index < -0.39 is 5.97 Å². The molecule has 27 heavy (non-hydrogen) atoms. The molecule has 0 spiro atoms. The number of imidazole rings is 1. The molecule has 1 aromatic heterocycles. The summed E-state index contributed by atoms with van der Waals surface area (Å²) in [7, 11) is 1.93. The summed E-state index contributed by atoms with van der Waals surface area (Å²) in [5.74, 6) is -0.676. The van der Waals surface area contributed by atoms with Gasteiger partial charge >= 0.3 is 5.97 Å². The molecule has 1 aliphatic rings. The average molecular weight is 363 g/mol. The fourth-order valence-corrected chi connectivity index (χ4v) is 3.78. The van der Waals surface area contributed by atoms with Crippen molar-refractivity contribution in [3.63, 3.8) is 0 Å². The third-order valence-electron chi connectivity index (χ3n) is 5.31. The number of aromatic nitrogens is 2. The van der Waals surface area contributed by atoms with Crippen molar-refractivity contribution in [2.75, 3.05) is 13.1 Å². The number of carboxylic acid groups (broad SMARTS) is 1. The standard InChI is InChI=1S/C21H21N3O3/c1-23-13-22-18-11-16(8-9-19(18)23)20(25)24-10-2-3-17(12-24)14-4-6-15(7-5-14)21(26)27/h4-9,11,13,17H,2-3,10,12H2,1H3,(H,26,27). The maximum atomic E-state index is 13.0. The number of aryl methyl sites for hydroxylation is 1. The van der Waals surface area contributed by atoms with Crippen molar-refractivity contribution in [3.8, 4) is 0 Å². The number of rotatable bonds is 3. The third-order valence-corrected chi connectivity index (χ3v) is 5.31. The highest BCUT2D eigenvalue weighted by Crippen LogP contribution is 2.28. The lowest BCUT2D eigenvalue weighted by atomic mass is 9.90. The first-order valence-corrected chi connectivity index (χ1v) is 9.06. The zero-order valence-electron chi connectivity index (χ0n) is 15.1. The Balaban J connectivity index is 1.52. The molecule has 2 aromatic carbocycles. The fraction of sp³-hybridized carbons (Fsp3) is 0.286. The third kappa shape index (κ3) is 3.30. The predicted molar refractivity (Wildman–Crippen MR) is 102 cm³/mol. The molecule has 1 aliphatic heterocycles. The number of aromatic carboxylic acids is 1. The number of likely N-dealkylation sites (tertiary alicyclic amines) is 1. The van der Waals surface area contributed by atoms with Gasteiger partial charge in [-0.3, -0.25) is 4.79 Å². The van der Waals surface area contributed by atoms with Gasteiger partial charge in [-0.05, 0) is 48.7 Å². The van der Waals surface area contributed by atoms with Crippen LogP contribution in [0.15, 0.2) is 48.8 Å². The van der Waals surface area contributed by atoms with Crippen LogP contribution in [0.2, 0.25) is 0 Å². The van der Waals surface area contributed by atoms with E-state index in [1.165, 1.54) is 0 Å². The van der Waals surface area contributed by atoms with Gasteiger partial charge in [0.1, 0.15) is 0 Å². The largest absolute Gasteiger partial charge is 0.478 e. The van der Waals surface area contributed by atoms with Crippen LogP contribution in [-0.2, 0) is 7.05 Å². The monoisotopic (exact) mass is 363 g/mol. The molecule has 0 bridgehead atoms. The second-order valence-electron chi connectivity index (χ2n) is 7.08. The number of hydrogen-bond donors (Lipinski definition) is 1. The van der Waals surface area contributed by atoms with Gasteiger partial charge in [-0.2, -0.15) is 0 Å². The minimum atomic E-state index is -0.924. The molecule has 6 heteroatoms. The Kier molecular flexibility index (Phi) is 4.39. The Morgan fingerprint density at radius 1 is 1.11 bits per heavy atom. The molecular weight excluding hydrogens is 342 g/mol. The second kappa shape index (κ2) is 6.87. The molecule has 1 unspecified atom stereocenters. The number of amides is 1. The van der Waals surface area contributed by atoms with Gasteiger partial charge in [0.25, 0.3) is 5.91 Å². The van der Waals surface area contributed by atoms with E-state index in [9.17, 15) is 9.59 Å². The fourth-order valence-electron chi connectivity index (χ4n) is 3.78. The van der Waals surface area contributed by atoms with Gasteiger partial charge in [-0.15, -0.1) is 0 Å². The van der Waals surface area contributed by atoms with E-state index in [1.54, 1.807) is 18.5 Å². The number of fused-ring (bicyclic) bond motifs is 1. The van der Waals surface area contributed by atoms with Crippen LogP contribution in [-0.4, -0.2) is 44.5 Å². The Bertz CT molecular complexity index is 1010. The summed E-state index contributed by atoms with van der Waals surface area (Å²) in [4.78, 5) is 30.2. The highest BCUT2D eigenvalue weighted by Gasteiger charge is 2.26. The highest BCUT2D eigenvalue weighted by molar-refractivity contribution is 5.97. The summed E-state index contributed by atoms with van der Waals surface area (Å²) in [6.07, 6.45) is 3.68. The lowest BCUT2D eigenvalue weighted by Gasteiger charge is -2.33. The lowest BCUT2D eigenvalue weighted by Crippen LogP contribution is -2.39. The van der Waals surface area contributed by atoms with Gasteiger partial charge in [-0.1, -0.05) is 12.1 Å². The van der Waals surface area contributed by atoms with E-state index in [0.29, 0.717) is 12.1 Å². The van der Waals surface area contributed by atoms with Gasteiger partial charge in [0.05, 0.1) is 22.9 Å². The number of carbonyl (C=O) groups excluding carboxylic acids is 1. The van der Waals surface area contributed by atoms with Crippen molar-refractivity contribution < 1.29 is 14.7 Å². The van der Waals surface area contributed by atoms with Gasteiger partial charge in [-0.25, -0.2) is 9.78 Å². The SMILES string of the molecule is Cn1cnc2cc(C(=O)N3CCCC(c4ccc(C(=O)O)cc4)C3)ccc21. The summed E-state index contributed by atoms with van der Waals surface area (Å²) in [6.45, 7) is 1.38. The van der Waals surface area contributed by atoms with Gasteiger partial charge < -0.3 is 14.6 Å². The molecular formula is C21H21N3O3. The van der Waals surface area contributed by atoms with Gasteiger partial charge in [0, 0.05) is 31.6 Å². The Hall–Kier alpha value is -3.15. The van der Waals surface area contributed by atoms with E-state index >= 15 is 0 Å². The number of piperidine rings is 1. The molecule has 0 saturated carbocycles. The highest BCUT2D eigenvalue weighted by atomic mass is 16.4. The Labute approximate surface area is 157 Å². The molecule has 0 radical (unpaired) electrons. The molecule has 1 fully saturated rings. The normalized spacial score (nSPS) is 17.2. The second-order valence-corrected chi connectivity index (χ2v) is 7.08. The molecule has 2 heterocycles. The van der Waals surface area contributed by atoms with Crippen LogP contribution in [0.25, 0.3) is 11.0 Å². The quantitative estimate of drug-likeness (QED) is 0.775. The Morgan fingerprint density at radius 2 is 1.85 bits per heavy atom. The number of nitrogens with zero attached hydrogens (tertiary/aromatic N) is 3. The van der Waals surface area contributed by atoms with Crippen molar-refractivity contribution in [1.29, 1.82) is 0 Å². The van der Waals surface area contributed by atoms with E-state index in [4.69, 9.17) is 5.11 Å². The van der Waals surface area contributed by atoms with Crippen molar-refractivity contribution in [2.24, 2.45) is 7.05 Å². The number of benzene rings is 2. The van der Waals surface area contributed by atoms with Crippen molar-refractivity contribution in [1.82, 2.24) is 14.5 Å². The molecule has 0 aliphatic carbocycles. The summed E-state index contributed by atoms with van der Waals surface area (Å²) in [5, 5.41) is 9.04. The van der Waals surface area contributed by atoms with Crippen LogP contribution in [0.3, 0.4) is 0 Å². The van der Waals surface area contributed by atoms with Gasteiger partial charge in [0.2, 0.25) is 0 Å². The number of carbonyl (C=O) groups is 2. The molecule has 4 rings (SSSR count). The van der Waals surface area contributed by atoms with Crippen molar-refractivity contribution in [3.05, 3.63) is 65.5 Å². The minimum absolute atomic E-state index is 0.0226. The van der Waals surface area contributed by atoms with Crippen LogP contribution in [0, 0.1) is 0 Å². The molecule has 3 aromatic rings. The predicted octanol–water partition coefficient (Wildman–Crippen LogP) is 3.29. The summed E-state index contributed by atoms with van der Waals surface area (Å²) >= 11 is 0. The average Bonchev–Trinajstić information content (AvgIpc) is 3.08. The van der Waals surface area contributed by atoms with Crippen molar-refractivity contribution in [2.45, 2.75) is 18.8 Å². The molecule has 1 saturated heterocycles. The van der Waals surface area contributed by atoms with Gasteiger partial charge in [0.15, 0.2) is 0 Å². The summed E-state index contributed by atoms with van der Waals surface area (Å²) in [6, 6.07) is 12.6. The Morgan fingerprint density at radius 3 is 2.59 bits per heavy atom. The topological polar surface area (TPSA) is 75.4 Å². The van der Waals surface area contributed by atoms with Crippen LogP contribution in [0.1, 0.15) is 45.0 Å². The van der Waals surface area contributed by atoms with E-state index in [2.05, 4.69) is 4.98 Å². The molecule has 138 valence electrons. The first-order valence-electron chi connectivity index (χ1n) is 9.06. The van der Waals surface area contributed by atoms with Crippen molar-refractivity contribution >= 4 is 22.9 Å². The number of carboxylic acids is 1. The summed E-state index contributed by atoms with van der Waals surface area (Å²) in [5.41, 5.74) is 3.84. The molecule has 1 amide bonds. The molecule has 1 atom stereocenters. The van der Waals surface area contributed by atoms with E-state index in [0.717, 1.165) is 36.0 Å². The van der Waals surface area contributed by atoms with Crippen LogP contribution >= 0.6 is 0 Å². The lowest BCUT2D eigenvalue weighted by molar-refractivity contribution is 0.0693. The van der Waals surface area contributed by atoms with Crippen LogP contribution in [0.4, 0.5) is 0 Å². The molecule has 1 N–H and O–H groups in total. The maximum absolute atomic E-state index is 13.0. The minimum Gasteiger partial charge on any atom is -0.478 e. The smallest absolute Gasteiger partial charge is 0.335 e. The molecule has 6 nitrogen and oxygen atoms in total. The van der Waals surface area contributed by atoms with E-state index in [-0.39, 0.29) is 17.4 Å².